The van der Waals surface area contributed by atoms with Gasteiger partial charge in [0.15, 0.2) is 0 Å². The third-order valence-corrected chi connectivity index (χ3v) is 7.95. The molecule has 4 aromatic carbocycles. The number of nitrogens with zero attached hydrogens (tertiary/aromatic N) is 1. The number of nitrogens with one attached hydrogen (secondary N) is 1. The molecule has 0 bridgehead atoms. The van der Waals surface area contributed by atoms with Gasteiger partial charge in [-0.3, -0.25) is 14.5 Å². The molecule has 2 N–H and O–H groups in total. The first-order chi connectivity index (χ1) is 20.1. The predicted molar refractivity (Wildman–Crippen MR) is 156 cm³/mol. The summed E-state index contributed by atoms with van der Waals surface area (Å²) in [5.74, 6) is -0.928. The van der Waals surface area contributed by atoms with Crippen LogP contribution in [0.1, 0.15) is 57.4 Å². The van der Waals surface area contributed by atoms with Crippen molar-refractivity contribution in [2.45, 2.75) is 37.9 Å². The molecule has 0 aliphatic carbocycles. The number of aliphatic carboxylic acids is 1. The van der Waals surface area contributed by atoms with Gasteiger partial charge < -0.3 is 10.4 Å². The summed E-state index contributed by atoms with van der Waals surface area (Å²) in [5, 5.41) is 12.9. The Morgan fingerprint density at radius 1 is 0.857 bits per heavy atom. The molecule has 1 atom stereocenters. The van der Waals surface area contributed by atoms with E-state index in [1.54, 1.807) is 24.3 Å². The van der Waals surface area contributed by atoms with Gasteiger partial charge >= 0.3 is 12.1 Å². The van der Waals surface area contributed by atoms with E-state index in [4.69, 9.17) is 0 Å². The molecule has 0 saturated carbocycles. The molecule has 0 spiro atoms. The molecule has 0 unspecified atom stereocenters. The molecule has 1 fully saturated rings. The fourth-order valence-electron chi connectivity index (χ4n) is 5.68. The minimum Gasteiger partial charge on any atom is -0.480 e. The second-order valence-corrected chi connectivity index (χ2v) is 10.6. The lowest BCUT2D eigenvalue weighted by Gasteiger charge is -2.36. The molecule has 5 rings (SSSR count). The van der Waals surface area contributed by atoms with Gasteiger partial charge in [-0.15, -0.1) is 0 Å². The number of carbonyl (C=O) groups is 2. The number of anilines is 1. The van der Waals surface area contributed by atoms with E-state index in [-0.39, 0.29) is 11.8 Å². The Bertz CT molecular complexity index is 1560. The molecule has 0 radical (unpaired) electrons. The lowest BCUT2D eigenvalue weighted by Crippen LogP contribution is -2.40. The van der Waals surface area contributed by atoms with Crippen LogP contribution in [0.4, 0.5) is 18.9 Å². The number of amides is 1. The maximum absolute atomic E-state index is 13.2. The first kappa shape index (κ1) is 29.1. The third-order valence-electron chi connectivity index (χ3n) is 7.95. The van der Waals surface area contributed by atoms with E-state index in [0.29, 0.717) is 35.5 Å². The number of rotatable bonds is 7. The maximum Gasteiger partial charge on any atom is 0.416 e. The number of carboxylic acid groups (broad SMARTS) is 1. The first-order valence-electron chi connectivity index (χ1n) is 13.8. The largest absolute Gasteiger partial charge is 0.480 e. The minimum atomic E-state index is -4.43. The van der Waals surface area contributed by atoms with Gasteiger partial charge in [0.25, 0.3) is 5.91 Å². The standard InChI is InChI=1S/C34H31F3N2O3/c1-22-6-2-3-7-28(22)31(33(41)42)39-20-18-24(19-21-39)23-12-16-27(17-13-23)38-32(40)30-9-5-4-8-29(30)25-10-14-26(15-11-25)34(35,36)37/h2-17,24,31H,18-21H2,1H3,(H,38,40)(H,41,42)/t31-/m1/s1. The molecule has 5 nitrogen and oxygen atoms in total. The van der Waals surface area contributed by atoms with E-state index in [1.165, 1.54) is 12.1 Å². The number of alkyl halides is 3. The van der Waals surface area contributed by atoms with Gasteiger partial charge in [-0.2, -0.15) is 13.2 Å². The SMILES string of the molecule is Cc1ccccc1[C@H](C(=O)O)N1CCC(c2ccc(NC(=O)c3ccccc3-c3ccc(C(F)(F)F)cc3)cc2)CC1. The quantitative estimate of drug-likeness (QED) is 0.236. The number of carboxylic acids is 1. The third kappa shape index (κ3) is 6.39. The van der Waals surface area contributed by atoms with E-state index in [9.17, 15) is 27.9 Å². The summed E-state index contributed by atoms with van der Waals surface area (Å²) in [6, 6.07) is 26.1. The smallest absolute Gasteiger partial charge is 0.416 e. The van der Waals surface area contributed by atoms with Crippen molar-refractivity contribution in [3.05, 3.63) is 125 Å². The van der Waals surface area contributed by atoms with Crippen molar-refractivity contribution >= 4 is 17.6 Å². The van der Waals surface area contributed by atoms with E-state index < -0.39 is 23.8 Å². The van der Waals surface area contributed by atoms with Gasteiger partial charge in [0.05, 0.1) is 5.56 Å². The topological polar surface area (TPSA) is 69.6 Å². The first-order valence-corrected chi connectivity index (χ1v) is 13.8. The highest BCUT2D eigenvalue weighted by molar-refractivity contribution is 6.08. The predicted octanol–water partition coefficient (Wildman–Crippen LogP) is 7.94. The van der Waals surface area contributed by atoms with Crippen LogP contribution >= 0.6 is 0 Å². The molecule has 4 aromatic rings. The molecule has 1 aliphatic heterocycles. The zero-order valence-corrected chi connectivity index (χ0v) is 23.1. The monoisotopic (exact) mass is 572 g/mol. The van der Waals surface area contributed by atoms with Crippen molar-refractivity contribution in [2.24, 2.45) is 0 Å². The van der Waals surface area contributed by atoms with Crippen LogP contribution in [-0.2, 0) is 11.0 Å². The normalized spacial score (nSPS) is 15.2. The molecule has 1 amide bonds. The summed E-state index contributed by atoms with van der Waals surface area (Å²) < 4.78 is 39.0. The summed E-state index contributed by atoms with van der Waals surface area (Å²) in [6.45, 7) is 3.26. The summed E-state index contributed by atoms with van der Waals surface area (Å²) in [7, 11) is 0. The van der Waals surface area contributed by atoms with Crippen LogP contribution in [0.5, 0.6) is 0 Å². The Hall–Kier alpha value is -4.43. The zero-order chi connectivity index (χ0) is 29.9. The second kappa shape index (κ2) is 12.2. The number of halogens is 3. The zero-order valence-electron chi connectivity index (χ0n) is 23.1. The average Bonchev–Trinajstić information content (AvgIpc) is 2.98. The van der Waals surface area contributed by atoms with Crippen LogP contribution in [0.2, 0.25) is 0 Å². The van der Waals surface area contributed by atoms with Gasteiger partial charge in [-0.25, -0.2) is 0 Å². The van der Waals surface area contributed by atoms with Crippen LogP contribution in [0.25, 0.3) is 11.1 Å². The molecule has 1 heterocycles. The van der Waals surface area contributed by atoms with E-state index in [1.807, 2.05) is 60.4 Å². The van der Waals surface area contributed by atoms with Gasteiger partial charge in [0.1, 0.15) is 6.04 Å². The molecule has 0 aromatic heterocycles. The lowest BCUT2D eigenvalue weighted by atomic mass is 9.88. The van der Waals surface area contributed by atoms with Crippen molar-refractivity contribution in [3.8, 4) is 11.1 Å². The van der Waals surface area contributed by atoms with Crippen LogP contribution in [0.15, 0.2) is 97.1 Å². The molecular formula is C34H31F3N2O3. The molecule has 1 aliphatic rings. The fourth-order valence-corrected chi connectivity index (χ4v) is 5.68. The molecule has 1 saturated heterocycles. The molecule has 216 valence electrons. The van der Waals surface area contributed by atoms with Crippen LogP contribution < -0.4 is 5.32 Å². The summed E-state index contributed by atoms with van der Waals surface area (Å²) >= 11 is 0. The van der Waals surface area contributed by atoms with E-state index in [2.05, 4.69) is 5.32 Å². The van der Waals surface area contributed by atoms with Crippen molar-refractivity contribution in [1.82, 2.24) is 4.90 Å². The highest BCUT2D eigenvalue weighted by atomic mass is 19.4. The van der Waals surface area contributed by atoms with Crippen molar-refractivity contribution in [2.75, 3.05) is 18.4 Å². The summed E-state index contributed by atoms with van der Waals surface area (Å²) in [6.07, 6.45) is -2.79. The number of benzene rings is 4. The van der Waals surface area contributed by atoms with Gasteiger partial charge in [-0.1, -0.05) is 66.7 Å². The maximum atomic E-state index is 13.2. The molecule has 8 heteroatoms. The van der Waals surface area contributed by atoms with Crippen LogP contribution in [-0.4, -0.2) is 35.0 Å². The Balaban J connectivity index is 1.24. The average molecular weight is 573 g/mol. The van der Waals surface area contributed by atoms with E-state index in [0.717, 1.165) is 41.7 Å². The Morgan fingerprint density at radius 2 is 1.48 bits per heavy atom. The summed E-state index contributed by atoms with van der Waals surface area (Å²) in [4.78, 5) is 27.4. The molecule has 42 heavy (non-hydrogen) atoms. The van der Waals surface area contributed by atoms with Gasteiger partial charge in [0.2, 0.25) is 0 Å². The van der Waals surface area contributed by atoms with Crippen molar-refractivity contribution in [3.63, 3.8) is 0 Å². The van der Waals surface area contributed by atoms with Crippen LogP contribution in [0.3, 0.4) is 0 Å². The summed E-state index contributed by atoms with van der Waals surface area (Å²) in [5.41, 5.74) is 4.19. The minimum absolute atomic E-state index is 0.276. The number of hydrogen-bond acceptors (Lipinski definition) is 3. The van der Waals surface area contributed by atoms with Gasteiger partial charge in [0, 0.05) is 11.3 Å². The Kier molecular flexibility index (Phi) is 8.45. The molecular weight excluding hydrogens is 541 g/mol. The van der Waals surface area contributed by atoms with Crippen molar-refractivity contribution < 1.29 is 27.9 Å². The Morgan fingerprint density at radius 3 is 2.10 bits per heavy atom. The number of carbonyl (C=O) groups excluding carboxylic acids is 1. The van der Waals surface area contributed by atoms with E-state index >= 15 is 0 Å². The Labute approximate surface area is 242 Å². The number of hydrogen-bond donors (Lipinski definition) is 2. The number of piperidine rings is 1. The number of likely N-dealkylation sites (tertiary alicyclic amines) is 1. The highest BCUT2D eigenvalue weighted by Gasteiger charge is 2.32. The van der Waals surface area contributed by atoms with Crippen LogP contribution in [0, 0.1) is 6.92 Å². The fraction of sp³-hybridized carbons (Fsp3) is 0.235. The van der Waals surface area contributed by atoms with Crippen molar-refractivity contribution in [1.29, 1.82) is 0 Å². The number of aryl methyl sites for hydroxylation is 1. The lowest BCUT2D eigenvalue weighted by molar-refractivity contribution is -0.144. The highest BCUT2D eigenvalue weighted by Crippen LogP contribution is 2.35. The second-order valence-electron chi connectivity index (χ2n) is 10.6. The van der Waals surface area contributed by atoms with Gasteiger partial charge in [-0.05, 0) is 96.9 Å².